The molecule has 1 aromatic rings. The second-order valence-corrected chi connectivity index (χ2v) is 6.39. The molecule has 1 aliphatic rings. The molecule has 1 N–H and O–H groups in total. The Balaban J connectivity index is 1.78. The Hall–Kier alpha value is -1.06. The smallest absolute Gasteiger partial charge is 0.122 e. The number of hydrogen-bond acceptors (Lipinski definition) is 3. The number of rotatable bonds is 5. The van der Waals surface area contributed by atoms with Gasteiger partial charge < -0.3 is 14.7 Å². The Morgan fingerprint density at radius 3 is 2.55 bits per heavy atom. The minimum absolute atomic E-state index is 0.365. The van der Waals surface area contributed by atoms with Gasteiger partial charge in [0, 0.05) is 19.6 Å². The van der Waals surface area contributed by atoms with E-state index in [1.54, 1.807) is 0 Å². The predicted octanol–water partition coefficient (Wildman–Crippen LogP) is 2.71. The van der Waals surface area contributed by atoms with Crippen molar-refractivity contribution in [3.8, 4) is 5.75 Å². The molecule has 112 valence electrons. The van der Waals surface area contributed by atoms with E-state index in [4.69, 9.17) is 4.74 Å². The molecule has 1 aromatic carbocycles. The van der Waals surface area contributed by atoms with Crippen molar-refractivity contribution in [2.24, 2.45) is 11.8 Å². The van der Waals surface area contributed by atoms with Crippen molar-refractivity contribution in [1.29, 1.82) is 0 Å². The first kappa shape index (κ1) is 15.3. The number of para-hydroxylation sites is 1. The number of β-amino-alcohol motifs (C(OH)–C–C–N with tert-alkyl or cyclic N) is 1. The summed E-state index contributed by atoms with van der Waals surface area (Å²) >= 11 is 0. The Kier molecular flexibility index (Phi) is 5.44. The van der Waals surface area contributed by atoms with E-state index in [2.05, 4.69) is 18.7 Å². The van der Waals surface area contributed by atoms with E-state index < -0.39 is 6.10 Å². The predicted molar refractivity (Wildman–Crippen MR) is 82.1 cm³/mol. The van der Waals surface area contributed by atoms with Crippen LogP contribution in [0.15, 0.2) is 24.3 Å². The standard InChI is InChI=1S/C17H27NO2/c1-13-8-14(2)10-18(9-13)11-16(19)12-20-17-7-5-4-6-15(17)3/h4-7,13-14,16,19H,8-12H2,1-3H3/t13-,14+,16-/m1/s1. The van der Waals surface area contributed by atoms with E-state index in [1.807, 2.05) is 31.2 Å². The number of benzene rings is 1. The SMILES string of the molecule is Cc1ccccc1OC[C@H](O)CN1C[C@H](C)C[C@H](C)C1. The number of aliphatic hydroxyl groups excluding tert-OH is 1. The van der Waals surface area contributed by atoms with Gasteiger partial charge in [0.15, 0.2) is 0 Å². The number of aryl methyl sites for hydroxylation is 1. The maximum Gasteiger partial charge on any atom is 0.122 e. The lowest BCUT2D eigenvalue weighted by molar-refractivity contribution is 0.0427. The highest BCUT2D eigenvalue weighted by Gasteiger charge is 2.23. The van der Waals surface area contributed by atoms with Crippen LogP contribution in [0.1, 0.15) is 25.8 Å². The molecule has 0 bridgehead atoms. The molecule has 0 unspecified atom stereocenters. The Bertz CT molecular complexity index is 411. The minimum atomic E-state index is -0.424. The first-order valence-electron chi connectivity index (χ1n) is 7.63. The van der Waals surface area contributed by atoms with Crippen LogP contribution in [0.2, 0.25) is 0 Å². The number of aliphatic hydroxyl groups is 1. The van der Waals surface area contributed by atoms with Gasteiger partial charge in [0.05, 0.1) is 0 Å². The van der Waals surface area contributed by atoms with Gasteiger partial charge in [-0.05, 0) is 36.8 Å². The van der Waals surface area contributed by atoms with Crippen molar-refractivity contribution < 1.29 is 9.84 Å². The van der Waals surface area contributed by atoms with Crippen LogP contribution in [0.3, 0.4) is 0 Å². The summed E-state index contributed by atoms with van der Waals surface area (Å²) in [6, 6.07) is 7.93. The highest BCUT2D eigenvalue weighted by atomic mass is 16.5. The summed E-state index contributed by atoms with van der Waals surface area (Å²) in [5.41, 5.74) is 1.11. The van der Waals surface area contributed by atoms with Gasteiger partial charge in [-0.2, -0.15) is 0 Å². The fourth-order valence-electron chi connectivity index (χ4n) is 3.20. The Labute approximate surface area is 122 Å². The molecule has 3 atom stereocenters. The molecule has 20 heavy (non-hydrogen) atoms. The van der Waals surface area contributed by atoms with Gasteiger partial charge in [-0.3, -0.25) is 0 Å². The van der Waals surface area contributed by atoms with Crippen LogP contribution in [0, 0.1) is 18.8 Å². The van der Waals surface area contributed by atoms with E-state index in [-0.39, 0.29) is 0 Å². The molecule has 3 nitrogen and oxygen atoms in total. The lowest BCUT2D eigenvalue weighted by Gasteiger charge is -2.35. The van der Waals surface area contributed by atoms with E-state index >= 15 is 0 Å². The molecule has 0 amide bonds. The summed E-state index contributed by atoms with van der Waals surface area (Å²) < 4.78 is 5.72. The highest BCUT2D eigenvalue weighted by Crippen LogP contribution is 2.21. The lowest BCUT2D eigenvalue weighted by Crippen LogP contribution is -2.44. The molecule has 0 saturated carbocycles. The molecule has 0 spiro atoms. The van der Waals surface area contributed by atoms with Crippen molar-refractivity contribution in [3.05, 3.63) is 29.8 Å². The minimum Gasteiger partial charge on any atom is -0.491 e. The monoisotopic (exact) mass is 277 g/mol. The third-order valence-electron chi connectivity index (χ3n) is 3.94. The molecule has 1 heterocycles. The summed E-state index contributed by atoms with van der Waals surface area (Å²) in [6.07, 6.45) is 0.874. The molecule has 0 radical (unpaired) electrons. The number of nitrogens with zero attached hydrogens (tertiary/aromatic N) is 1. The Morgan fingerprint density at radius 2 is 1.90 bits per heavy atom. The van der Waals surface area contributed by atoms with Crippen LogP contribution < -0.4 is 4.74 Å². The molecule has 0 aliphatic carbocycles. The summed E-state index contributed by atoms with van der Waals surface area (Å²) in [5.74, 6) is 2.32. The van der Waals surface area contributed by atoms with Crippen LogP contribution in [0.4, 0.5) is 0 Å². The van der Waals surface area contributed by atoms with Crippen LogP contribution in [-0.4, -0.2) is 42.4 Å². The fourth-order valence-corrected chi connectivity index (χ4v) is 3.20. The zero-order valence-electron chi connectivity index (χ0n) is 12.9. The zero-order valence-corrected chi connectivity index (χ0v) is 12.9. The molecule has 3 heteroatoms. The zero-order chi connectivity index (χ0) is 14.5. The number of likely N-dealkylation sites (tertiary alicyclic amines) is 1. The molecule has 1 fully saturated rings. The maximum atomic E-state index is 10.2. The molecule has 1 saturated heterocycles. The van der Waals surface area contributed by atoms with Crippen molar-refractivity contribution in [1.82, 2.24) is 4.90 Å². The van der Waals surface area contributed by atoms with Crippen molar-refractivity contribution in [3.63, 3.8) is 0 Å². The molecule has 1 aliphatic heterocycles. The average molecular weight is 277 g/mol. The normalized spacial score (nSPS) is 25.4. The van der Waals surface area contributed by atoms with Gasteiger partial charge in [-0.1, -0.05) is 32.0 Å². The van der Waals surface area contributed by atoms with E-state index in [0.717, 1.165) is 36.2 Å². The van der Waals surface area contributed by atoms with Gasteiger partial charge >= 0.3 is 0 Å². The largest absolute Gasteiger partial charge is 0.491 e. The third kappa shape index (κ3) is 4.50. The second-order valence-electron chi connectivity index (χ2n) is 6.39. The number of ether oxygens (including phenoxy) is 1. The van der Waals surface area contributed by atoms with Gasteiger partial charge in [-0.15, -0.1) is 0 Å². The van der Waals surface area contributed by atoms with Crippen LogP contribution in [-0.2, 0) is 0 Å². The highest BCUT2D eigenvalue weighted by molar-refractivity contribution is 5.31. The quantitative estimate of drug-likeness (QED) is 0.898. The number of hydrogen-bond donors (Lipinski definition) is 1. The van der Waals surface area contributed by atoms with Crippen LogP contribution in [0.25, 0.3) is 0 Å². The van der Waals surface area contributed by atoms with Crippen LogP contribution >= 0.6 is 0 Å². The third-order valence-corrected chi connectivity index (χ3v) is 3.94. The van der Waals surface area contributed by atoms with Crippen molar-refractivity contribution >= 4 is 0 Å². The molecular weight excluding hydrogens is 250 g/mol. The first-order chi connectivity index (χ1) is 9.54. The van der Waals surface area contributed by atoms with Gasteiger partial charge in [0.25, 0.3) is 0 Å². The molecule has 0 aromatic heterocycles. The van der Waals surface area contributed by atoms with Crippen molar-refractivity contribution in [2.75, 3.05) is 26.2 Å². The van der Waals surface area contributed by atoms with Gasteiger partial charge in [0.2, 0.25) is 0 Å². The van der Waals surface area contributed by atoms with Crippen LogP contribution in [0.5, 0.6) is 5.75 Å². The average Bonchev–Trinajstić information content (AvgIpc) is 2.36. The summed E-state index contributed by atoms with van der Waals surface area (Å²) in [5, 5.41) is 10.2. The van der Waals surface area contributed by atoms with Gasteiger partial charge in [0.1, 0.15) is 18.5 Å². The summed E-state index contributed by atoms with van der Waals surface area (Å²) in [4.78, 5) is 2.37. The topological polar surface area (TPSA) is 32.7 Å². The van der Waals surface area contributed by atoms with E-state index in [1.165, 1.54) is 6.42 Å². The van der Waals surface area contributed by atoms with Crippen molar-refractivity contribution in [2.45, 2.75) is 33.3 Å². The first-order valence-corrected chi connectivity index (χ1v) is 7.63. The maximum absolute atomic E-state index is 10.2. The van der Waals surface area contributed by atoms with E-state index in [0.29, 0.717) is 13.2 Å². The second kappa shape index (κ2) is 7.09. The van der Waals surface area contributed by atoms with E-state index in [9.17, 15) is 5.11 Å². The molecule has 2 rings (SSSR count). The van der Waals surface area contributed by atoms with Gasteiger partial charge in [-0.25, -0.2) is 0 Å². The fraction of sp³-hybridized carbons (Fsp3) is 0.647. The summed E-state index contributed by atoms with van der Waals surface area (Å²) in [7, 11) is 0. The molecular formula is C17H27NO2. The number of piperidine rings is 1. The lowest BCUT2D eigenvalue weighted by atomic mass is 9.92. The summed E-state index contributed by atoms with van der Waals surface area (Å²) in [6.45, 7) is 9.86. The Morgan fingerprint density at radius 1 is 1.25 bits per heavy atom.